The number of anilines is 1. The average Bonchev–Trinajstić information content (AvgIpc) is 2.20. The van der Waals surface area contributed by atoms with Gasteiger partial charge in [0.15, 0.2) is 0 Å². The summed E-state index contributed by atoms with van der Waals surface area (Å²) < 4.78 is 0. The van der Waals surface area contributed by atoms with E-state index in [4.69, 9.17) is 11.1 Å². The van der Waals surface area contributed by atoms with Crippen molar-refractivity contribution in [2.24, 2.45) is 11.7 Å². The first-order valence-electron chi connectivity index (χ1n) is 5.17. The zero-order valence-corrected chi connectivity index (χ0v) is 9.79. The Morgan fingerprint density at radius 3 is 2.50 bits per heavy atom. The summed E-state index contributed by atoms with van der Waals surface area (Å²) >= 11 is 0. The Morgan fingerprint density at radius 1 is 1.44 bits per heavy atom. The topological polar surface area (TPSA) is 79.0 Å². The highest BCUT2D eigenvalue weighted by Gasteiger charge is 2.09. The van der Waals surface area contributed by atoms with E-state index in [9.17, 15) is 4.79 Å². The van der Waals surface area contributed by atoms with Crippen molar-refractivity contribution in [2.75, 3.05) is 5.32 Å². The van der Waals surface area contributed by atoms with Gasteiger partial charge < -0.3 is 11.1 Å². The van der Waals surface area contributed by atoms with Crippen molar-refractivity contribution in [1.29, 1.82) is 5.41 Å². The number of nitrogens with one attached hydrogen (secondary N) is 2. The molecule has 1 aromatic carbocycles. The Labute approximate surface area is 95.4 Å². The molecule has 0 unspecified atom stereocenters. The lowest BCUT2D eigenvalue weighted by Crippen LogP contribution is -2.19. The van der Waals surface area contributed by atoms with Crippen molar-refractivity contribution >= 4 is 17.4 Å². The van der Waals surface area contributed by atoms with Gasteiger partial charge >= 0.3 is 0 Å². The molecule has 0 saturated carbocycles. The van der Waals surface area contributed by atoms with Gasteiger partial charge in [-0.3, -0.25) is 10.2 Å². The van der Waals surface area contributed by atoms with E-state index in [0.29, 0.717) is 5.56 Å². The van der Waals surface area contributed by atoms with E-state index in [1.807, 2.05) is 20.8 Å². The summed E-state index contributed by atoms with van der Waals surface area (Å²) in [6.45, 7) is 5.56. The minimum atomic E-state index is -0.0492. The third kappa shape index (κ3) is 2.82. The maximum absolute atomic E-state index is 11.5. The van der Waals surface area contributed by atoms with Gasteiger partial charge in [0, 0.05) is 17.2 Å². The van der Waals surface area contributed by atoms with Gasteiger partial charge in [0.1, 0.15) is 5.84 Å². The first kappa shape index (κ1) is 12.2. The number of aryl methyl sites for hydroxylation is 1. The first-order chi connectivity index (χ1) is 7.41. The predicted octanol–water partition coefficient (Wildman–Crippen LogP) is 1.87. The Hall–Kier alpha value is -1.84. The molecule has 4 nitrogen and oxygen atoms in total. The number of amidine groups is 1. The number of hydrogen-bond acceptors (Lipinski definition) is 2. The highest BCUT2D eigenvalue weighted by atomic mass is 16.1. The predicted molar refractivity (Wildman–Crippen MR) is 65.7 cm³/mol. The second kappa shape index (κ2) is 4.79. The largest absolute Gasteiger partial charge is 0.384 e. The summed E-state index contributed by atoms with van der Waals surface area (Å²) in [6, 6.07) is 5.29. The zero-order valence-electron chi connectivity index (χ0n) is 9.79. The number of nitrogen functional groups attached to an aromatic ring is 1. The van der Waals surface area contributed by atoms with Crippen molar-refractivity contribution < 1.29 is 4.79 Å². The summed E-state index contributed by atoms with van der Waals surface area (Å²) in [5, 5.41) is 10.1. The van der Waals surface area contributed by atoms with E-state index in [-0.39, 0.29) is 17.7 Å². The molecule has 16 heavy (non-hydrogen) atoms. The first-order valence-corrected chi connectivity index (χ1v) is 5.17. The van der Waals surface area contributed by atoms with Gasteiger partial charge in [0.25, 0.3) is 0 Å². The van der Waals surface area contributed by atoms with Gasteiger partial charge in [0.05, 0.1) is 0 Å². The molecule has 4 N–H and O–H groups in total. The van der Waals surface area contributed by atoms with E-state index in [1.54, 1.807) is 18.2 Å². The second-order valence-electron chi connectivity index (χ2n) is 4.09. The number of carbonyl (C=O) groups is 1. The Morgan fingerprint density at radius 2 is 2.06 bits per heavy atom. The van der Waals surface area contributed by atoms with Crippen molar-refractivity contribution in [1.82, 2.24) is 0 Å². The monoisotopic (exact) mass is 219 g/mol. The molecule has 0 aliphatic heterocycles. The molecule has 0 spiro atoms. The van der Waals surface area contributed by atoms with Gasteiger partial charge in [-0.15, -0.1) is 0 Å². The summed E-state index contributed by atoms with van der Waals surface area (Å²) in [4.78, 5) is 11.5. The lowest BCUT2D eigenvalue weighted by molar-refractivity contribution is -0.118. The van der Waals surface area contributed by atoms with Gasteiger partial charge in [-0.05, 0) is 30.7 Å². The average molecular weight is 219 g/mol. The number of carbonyl (C=O) groups excluding carboxylic acids is 1. The van der Waals surface area contributed by atoms with Crippen LogP contribution in [-0.4, -0.2) is 11.7 Å². The molecule has 0 radical (unpaired) electrons. The molecule has 0 atom stereocenters. The zero-order chi connectivity index (χ0) is 12.3. The Kier molecular flexibility index (Phi) is 3.66. The minimum absolute atomic E-state index is 0.0151. The van der Waals surface area contributed by atoms with Gasteiger partial charge in [-0.1, -0.05) is 13.8 Å². The quantitative estimate of drug-likeness (QED) is 0.536. The smallest absolute Gasteiger partial charge is 0.226 e. The SMILES string of the molecule is Cc1cc(C(=N)N)ccc1NC(=O)C(C)C. The molecule has 0 aromatic heterocycles. The third-order valence-corrected chi connectivity index (χ3v) is 2.32. The maximum Gasteiger partial charge on any atom is 0.226 e. The van der Waals surface area contributed by atoms with Gasteiger partial charge in [0.2, 0.25) is 5.91 Å². The number of rotatable bonds is 3. The molecule has 0 bridgehead atoms. The van der Waals surface area contributed by atoms with Crippen LogP contribution in [0.3, 0.4) is 0 Å². The van der Waals surface area contributed by atoms with Crippen LogP contribution in [-0.2, 0) is 4.79 Å². The van der Waals surface area contributed by atoms with Crippen LogP contribution in [0.2, 0.25) is 0 Å². The lowest BCUT2D eigenvalue weighted by Gasteiger charge is -2.11. The van der Waals surface area contributed by atoms with E-state index in [1.165, 1.54) is 0 Å². The number of nitrogens with two attached hydrogens (primary N) is 1. The molecule has 0 heterocycles. The summed E-state index contributed by atoms with van der Waals surface area (Å²) in [6.07, 6.45) is 0. The lowest BCUT2D eigenvalue weighted by atomic mass is 10.1. The third-order valence-electron chi connectivity index (χ3n) is 2.32. The van der Waals surface area contributed by atoms with Crippen LogP contribution in [0.25, 0.3) is 0 Å². The fourth-order valence-electron chi connectivity index (χ4n) is 1.25. The molecule has 0 aliphatic carbocycles. The Balaban J connectivity index is 2.91. The van der Waals surface area contributed by atoms with Crippen LogP contribution in [0.15, 0.2) is 18.2 Å². The van der Waals surface area contributed by atoms with Crippen LogP contribution >= 0.6 is 0 Å². The van der Waals surface area contributed by atoms with Crippen LogP contribution in [0.1, 0.15) is 25.0 Å². The van der Waals surface area contributed by atoms with E-state index in [2.05, 4.69) is 5.32 Å². The summed E-state index contributed by atoms with van der Waals surface area (Å²) in [5.41, 5.74) is 7.72. The molecular weight excluding hydrogens is 202 g/mol. The fraction of sp³-hybridized carbons (Fsp3) is 0.333. The fourth-order valence-corrected chi connectivity index (χ4v) is 1.25. The van der Waals surface area contributed by atoms with Crippen LogP contribution in [0, 0.1) is 18.3 Å². The molecule has 0 fully saturated rings. The van der Waals surface area contributed by atoms with Gasteiger partial charge in [-0.25, -0.2) is 0 Å². The minimum Gasteiger partial charge on any atom is -0.384 e. The standard InChI is InChI=1S/C12H17N3O/c1-7(2)12(16)15-10-5-4-9(11(13)14)6-8(10)3/h4-7H,1-3H3,(H3,13,14)(H,15,16). The van der Waals surface area contributed by atoms with E-state index >= 15 is 0 Å². The van der Waals surface area contributed by atoms with E-state index < -0.39 is 0 Å². The maximum atomic E-state index is 11.5. The number of benzene rings is 1. The highest BCUT2D eigenvalue weighted by molar-refractivity contribution is 5.97. The van der Waals surface area contributed by atoms with Crippen molar-refractivity contribution in [3.63, 3.8) is 0 Å². The van der Waals surface area contributed by atoms with Crippen molar-refractivity contribution in [3.05, 3.63) is 29.3 Å². The molecule has 1 amide bonds. The Bertz CT molecular complexity index is 424. The highest BCUT2D eigenvalue weighted by Crippen LogP contribution is 2.17. The molecule has 1 rings (SSSR count). The van der Waals surface area contributed by atoms with Gasteiger partial charge in [-0.2, -0.15) is 0 Å². The molecule has 0 saturated heterocycles. The molecule has 1 aromatic rings. The van der Waals surface area contributed by atoms with Crippen LogP contribution < -0.4 is 11.1 Å². The molecule has 4 heteroatoms. The molecule has 0 aliphatic rings. The number of amides is 1. The molecular formula is C12H17N3O. The second-order valence-corrected chi connectivity index (χ2v) is 4.09. The van der Waals surface area contributed by atoms with Crippen LogP contribution in [0.4, 0.5) is 5.69 Å². The van der Waals surface area contributed by atoms with Crippen molar-refractivity contribution in [2.45, 2.75) is 20.8 Å². The van der Waals surface area contributed by atoms with E-state index in [0.717, 1.165) is 11.3 Å². The normalized spacial score (nSPS) is 10.2. The molecule has 86 valence electrons. The van der Waals surface area contributed by atoms with Crippen LogP contribution in [0.5, 0.6) is 0 Å². The summed E-state index contributed by atoms with van der Waals surface area (Å²) in [5.74, 6) is -0.0320. The summed E-state index contributed by atoms with van der Waals surface area (Å²) in [7, 11) is 0. The number of hydrogen-bond donors (Lipinski definition) is 3. The van der Waals surface area contributed by atoms with Crippen molar-refractivity contribution in [3.8, 4) is 0 Å².